The monoisotopic (exact) mass is 215 g/mol. The molecule has 1 rings (SSSR count). The maximum Gasteiger partial charge on any atom is 0.273 e. The quantitative estimate of drug-likeness (QED) is 0.709. The average Bonchev–Trinajstić information content (AvgIpc) is 2.49. The lowest BCUT2D eigenvalue weighted by Gasteiger charge is -2.16. The highest BCUT2D eigenvalue weighted by atomic mass is 35.5. The molecule has 0 aliphatic rings. The topological polar surface area (TPSA) is 38.1 Å². The molecule has 78 valence electrons. The zero-order chi connectivity index (χ0) is 10.7. The van der Waals surface area contributed by atoms with Gasteiger partial charge in [-0.3, -0.25) is 4.79 Å². The van der Waals surface area contributed by atoms with Crippen molar-refractivity contribution in [1.82, 2.24) is 14.5 Å². The van der Waals surface area contributed by atoms with Gasteiger partial charge in [0, 0.05) is 32.2 Å². The van der Waals surface area contributed by atoms with Gasteiger partial charge in [-0.2, -0.15) is 0 Å². The lowest BCUT2D eigenvalue weighted by atomic mass is 10.3. The van der Waals surface area contributed by atoms with E-state index in [1.807, 2.05) is 14.0 Å². The predicted octanol–water partition coefficient (Wildman–Crippen LogP) is 1.12. The highest BCUT2D eigenvalue weighted by Gasteiger charge is 2.15. The van der Waals surface area contributed by atoms with Gasteiger partial charge >= 0.3 is 0 Å². The molecule has 0 aromatic carbocycles. The Morgan fingerprint density at radius 1 is 1.79 bits per heavy atom. The molecule has 0 spiro atoms. The minimum absolute atomic E-state index is 0.0485. The van der Waals surface area contributed by atoms with Crippen molar-refractivity contribution in [3.8, 4) is 0 Å². The molecule has 0 fully saturated rings. The Balaban J connectivity index is 2.65. The van der Waals surface area contributed by atoms with Crippen molar-refractivity contribution in [2.24, 2.45) is 7.05 Å². The summed E-state index contributed by atoms with van der Waals surface area (Å²) >= 11 is 5.79. The molecule has 0 saturated heterocycles. The van der Waals surface area contributed by atoms with E-state index < -0.39 is 0 Å². The van der Waals surface area contributed by atoms with Gasteiger partial charge in [-0.1, -0.05) is 0 Å². The Morgan fingerprint density at radius 2 is 2.43 bits per heavy atom. The molecule has 0 radical (unpaired) electrons. The smallest absolute Gasteiger partial charge is 0.273 e. The molecule has 0 bridgehead atoms. The van der Waals surface area contributed by atoms with Gasteiger partial charge in [-0.25, -0.2) is 4.98 Å². The van der Waals surface area contributed by atoms with Crippen LogP contribution in [0.3, 0.4) is 0 Å². The van der Waals surface area contributed by atoms with E-state index in [0.717, 1.165) is 0 Å². The first-order chi connectivity index (χ1) is 6.50. The third kappa shape index (κ3) is 2.73. The molecular weight excluding hydrogens is 202 g/mol. The maximum absolute atomic E-state index is 11.7. The Morgan fingerprint density at radius 3 is 2.86 bits per heavy atom. The molecule has 5 heteroatoms. The van der Waals surface area contributed by atoms with Crippen LogP contribution in [0.25, 0.3) is 0 Å². The molecule has 14 heavy (non-hydrogen) atoms. The zero-order valence-corrected chi connectivity index (χ0v) is 9.32. The second kappa shape index (κ2) is 4.46. The molecule has 0 aliphatic carbocycles. The lowest BCUT2D eigenvalue weighted by Crippen LogP contribution is -2.31. The fourth-order valence-corrected chi connectivity index (χ4v) is 1.39. The summed E-state index contributed by atoms with van der Waals surface area (Å²) in [6, 6.07) is 0. The predicted molar refractivity (Wildman–Crippen MR) is 55.5 cm³/mol. The second-order valence-electron chi connectivity index (χ2n) is 3.39. The van der Waals surface area contributed by atoms with Crippen molar-refractivity contribution >= 4 is 17.5 Å². The summed E-state index contributed by atoms with van der Waals surface area (Å²) in [4.78, 5) is 17.2. The van der Waals surface area contributed by atoms with Gasteiger partial charge in [0.05, 0.1) is 6.33 Å². The van der Waals surface area contributed by atoms with E-state index in [1.165, 1.54) is 0 Å². The number of imidazole rings is 1. The van der Waals surface area contributed by atoms with E-state index in [9.17, 15) is 4.79 Å². The second-order valence-corrected chi connectivity index (χ2v) is 4.14. The van der Waals surface area contributed by atoms with Crippen molar-refractivity contribution in [1.29, 1.82) is 0 Å². The number of nitrogens with zero attached hydrogens (tertiary/aromatic N) is 3. The number of halogens is 1. The number of aryl methyl sites for hydroxylation is 1. The van der Waals surface area contributed by atoms with Crippen molar-refractivity contribution < 1.29 is 4.79 Å². The van der Waals surface area contributed by atoms with Crippen LogP contribution in [0.5, 0.6) is 0 Å². The van der Waals surface area contributed by atoms with E-state index in [-0.39, 0.29) is 11.3 Å². The first-order valence-electron chi connectivity index (χ1n) is 4.38. The SMILES string of the molecule is CC(Cl)CN(C)C(=O)c1cn(C)cn1. The van der Waals surface area contributed by atoms with Crippen LogP contribution in [-0.2, 0) is 7.05 Å². The number of carbonyl (C=O) groups is 1. The van der Waals surface area contributed by atoms with E-state index in [2.05, 4.69) is 4.98 Å². The number of alkyl halides is 1. The minimum Gasteiger partial charge on any atom is -0.340 e. The molecule has 0 N–H and O–H groups in total. The van der Waals surface area contributed by atoms with Gasteiger partial charge in [0.2, 0.25) is 0 Å². The molecule has 0 aliphatic heterocycles. The van der Waals surface area contributed by atoms with Crippen LogP contribution in [0.4, 0.5) is 0 Å². The van der Waals surface area contributed by atoms with Crippen molar-refractivity contribution in [2.45, 2.75) is 12.3 Å². The summed E-state index contributed by atoms with van der Waals surface area (Å²) in [7, 11) is 3.55. The number of hydrogen-bond acceptors (Lipinski definition) is 2. The molecule has 1 atom stereocenters. The fourth-order valence-electron chi connectivity index (χ4n) is 1.18. The molecule has 1 aromatic heterocycles. The van der Waals surface area contributed by atoms with E-state index in [1.54, 1.807) is 29.0 Å². The van der Waals surface area contributed by atoms with E-state index >= 15 is 0 Å². The first kappa shape index (κ1) is 11.0. The summed E-state index contributed by atoms with van der Waals surface area (Å²) in [6.07, 6.45) is 3.29. The number of hydrogen-bond donors (Lipinski definition) is 0. The van der Waals surface area contributed by atoms with Crippen LogP contribution in [0.2, 0.25) is 0 Å². The fraction of sp³-hybridized carbons (Fsp3) is 0.556. The van der Waals surface area contributed by atoms with Crippen LogP contribution in [0.15, 0.2) is 12.5 Å². The van der Waals surface area contributed by atoms with Crippen LogP contribution < -0.4 is 0 Å². The molecule has 1 amide bonds. The van der Waals surface area contributed by atoms with Crippen LogP contribution in [0, 0.1) is 0 Å². The minimum atomic E-state index is -0.0990. The number of rotatable bonds is 3. The summed E-state index contributed by atoms with van der Waals surface area (Å²) in [5.41, 5.74) is 0.451. The molecule has 4 nitrogen and oxygen atoms in total. The third-order valence-corrected chi connectivity index (χ3v) is 1.93. The number of carbonyl (C=O) groups excluding carboxylic acids is 1. The zero-order valence-electron chi connectivity index (χ0n) is 8.57. The van der Waals surface area contributed by atoms with Gasteiger partial charge in [0.1, 0.15) is 5.69 Å². The average molecular weight is 216 g/mol. The largest absolute Gasteiger partial charge is 0.340 e. The highest BCUT2D eigenvalue weighted by molar-refractivity contribution is 6.20. The first-order valence-corrected chi connectivity index (χ1v) is 4.82. The van der Waals surface area contributed by atoms with Crippen LogP contribution >= 0.6 is 11.6 Å². The van der Waals surface area contributed by atoms with Gasteiger partial charge in [0.25, 0.3) is 5.91 Å². The molecule has 1 unspecified atom stereocenters. The Labute approximate surface area is 88.5 Å². The molecular formula is C9H14ClN3O. The summed E-state index contributed by atoms with van der Waals surface area (Å²) in [5.74, 6) is -0.0990. The Kier molecular flexibility index (Phi) is 3.52. The van der Waals surface area contributed by atoms with Crippen molar-refractivity contribution in [3.05, 3.63) is 18.2 Å². The normalized spacial score (nSPS) is 12.6. The van der Waals surface area contributed by atoms with Gasteiger partial charge in [0.15, 0.2) is 0 Å². The highest BCUT2D eigenvalue weighted by Crippen LogP contribution is 2.03. The van der Waals surface area contributed by atoms with E-state index in [0.29, 0.717) is 12.2 Å². The lowest BCUT2D eigenvalue weighted by molar-refractivity contribution is 0.0791. The summed E-state index contributed by atoms with van der Waals surface area (Å²) in [5, 5.41) is -0.0485. The summed E-state index contributed by atoms with van der Waals surface area (Å²) < 4.78 is 1.74. The van der Waals surface area contributed by atoms with Gasteiger partial charge < -0.3 is 9.47 Å². The Hall–Kier alpha value is -1.03. The van der Waals surface area contributed by atoms with E-state index in [4.69, 9.17) is 11.6 Å². The third-order valence-electron chi connectivity index (χ3n) is 1.80. The number of aromatic nitrogens is 2. The Bertz CT molecular complexity index is 322. The number of amides is 1. The van der Waals surface area contributed by atoms with Crippen LogP contribution in [0.1, 0.15) is 17.4 Å². The standard InChI is InChI=1S/C9H14ClN3O/c1-7(10)4-13(3)9(14)8-5-12(2)6-11-8/h5-7H,4H2,1-3H3. The van der Waals surface area contributed by atoms with Crippen molar-refractivity contribution in [2.75, 3.05) is 13.6 Å². The summed E-state index contributed by atoms with van der Waals surface area (Å²) in [6.45, 7) is 2.38. The molecule has 1 heterocycles. The molecule has 0 saturated carbocycles. The van der Waals surface area contributed by atoms with Crippen molar-refractivity contribution in [3.63, 3.8) is 0 Å². The van der Waals surface area contributed by atoms with Crippen LogP contribution in [-0.4, -0.2) is 39.3 Å². The maximum atomic E-state index is 11.7. The van der Waals surface area contributed by atoms with Gasteiger partial charge in [-0.15, -0.1) is 11.6 Å². The molecule has 1 aromatic rings. The van der Waals surface area contributed by atoms with Gasteiger partial charge in [-0.05, 0) is 6.92 Å².